The van der Waals surface area contributed by atoms with E-state index in [-0.39, 0.29) is 10.9 Å². The average Bonchev–Trinajstić information content (AvgIpc) is 2.28. The first-order chi connectivity index (χ1) is 7.99. The molecule has 0 saturated heterocycles. The molecule has 0 aliphatic heterocycles. The van der Waals surface area contributed by atoms with E-state index in [0.29, 0.717) is 19.4 Å². The van der Waals surface area contributed by atoms with Crippen LogP contribution in [0.25, 0.3) is 0 Å². The normalized spacial score (nSPS) is 13.6. The summed E-state index contributed by atoms with van der Waals surface area (Å²) < 4.78 is 39.1. The van der Waals surface area contributed by atoms with Crippen LogP contribution in [0.2, 0.25) is 0 Å². The molecular formula is C11H17FN2O2S. The fourth-order valence-corrected chi connectivity index (χ4v) is 2.80. The summed E-state index contributed by atoms with van der Waals surface area (Å²) in [6.07, 6.45) is 1.24. The number of nitrogens with one attached hydrogen (secondary N) is 1. The molecule has 0 aromatic heterocycles. The topological polar surface area (TPSA) is 72.2 Å². The first kappa shape index (κ1) is 14.1. The number of sulfonamides is 1. The van der Waals surface area contributed by atoms with Gasteiger partial charge in [-0.3, -0.25) is 0 Å². The van der Waals surface area contributed by atoms with Crippen molar-refractivity contribution >= 4 is 10.0 Å². The standard InChI is InChI=1S/C11H17FN2O2S/c1-2-10(7-8-13)14-17(15,16)11-5-3-9(12)4-6-11/h3-6,10,14H,2,7-8,13H2,1H3. The van der Waals surface area contributed by atoms with Crippen molar-refractivity contribution in [1.29, 1.82) is 0 Å². The summed E-state index contributed by atoms with van der Waals surface area (Å²) >= 11 is 0. The summed E-state index contributed by atoms with van der Waals surface area (Å²) in [6.45, 7) is 2.30. The molecule has 0 bridgehead atoms. The molecule has 0 fully saturated rings. The molecule has 0 amide bonds. The van der Waals surface area contributed by atoms with Gasteiger partial charge < -0.3 is 5.73 Å². The quantitative estimate of drug-likeness (QED) is 0.808. The second kappa shape index (κ2) is 6.09. The van der Waals surface area contributed by atoms with Gasteiger partial charge in [-0.25, -0.2) is 17.5 Å². The van der Waals surface area contributed by atoms with Crippen molar-refractivity contribution < 1.29 is 12.8 Å². The van der Waals surface area contributed by atoms with E-state index in [0.717, 1.165) is 12.1 Å². The molecule has 0 spiro atoms. The number of rotatable bonds is 6. The number of hydrogen-bond acceptors (Lipinski definition) is 3. The molecule has 17 heavy (non-hydrogen) atoms. The van der Waals surface area contributed by atoms with Crippen molar-refractivity contribution in [3.8, 4) is 0 Å². The largest absolute Gasteiger partial charge is 0.330 e. The van der Waals surface area contributed by atoms with Gasteiger partial charge in [-0.2, -0.15) is 0 Å². The predicted molar refractivity (Wildman–Crippen MR) is 64.5 cm³/mol. The van der Waals surface area contributed by atoms with E-state index >= 15 is 0 Å². The molecule has 1 rings (SSSR count). The first-order valence-electron chi connectivity index (χ1n) is 5.47. The monoisotopic (exact) mass is 260 g/mol. The summed E-state index contributed by atoms with van der Waals surface area (Å²) in [4.78, 5) is 0.0642. The zero-order valence-electron chi connectivity index (χ0n) is 9.69. The number of nitrogens with two attached hydrogens (primary N) is 1. The van der Waals surface area contributed by atoms with Gasteiger partial charge in [0.1, 0.15) is 5.82 Å². The number of hydrogen-bond donors (Lipinski definition) is 2. The van der Waals surface area contributed by atoms with Crippen molar-refractivity contribution in [2.45, 2.75) is 30.7 Å². The van der Waals surface area contributed by atoms with Crippen LogP contribution in [0.3, 0.4) is 0 Å². The Labute approximate surface area is 101 Å². The van der Waals surface area contributed by atoms with Gasteiger partial charge in [-0.05, 0) is 43.7 Å². The molecular weight excluding hydrogens is 243 g/mol. The van der Waals surface area contributed by atoms with Crippen LogP contribution < -0.4 is 10.5 Å². The molecule has 0 aliphatic rings. The molecule has 0 saturated carbocycles. The van der Waals surface area contributed by atoms with Gasteiger partial charge in [0.2, 0.25) is 10.0 Å². The Bertz CT molecular complexity index is 445. The smallest absolute Gasteiger partial charge is 0.240 e. The fraction of sp³-hybridized carbons (Fsp3) is 0.455. The molecule has 6 heteroatoms. The first-order valence-corrected chi connectivity index (χ1v) is 6.96. The highest BCUT2D eigenvalue weighted by atomic mass is 32.2. The number of halogens is 1. The summed E-state index contributed by atoms with van der Waals surface area (Å²) in [5.41, 5.74) is 5.40. The van der Waals surface area contributed by atoms with Crippen LogP contribution in [0.15, 0.2) is 29.2 Å². The van der Waals surface area contributed by atoms with Crippen LogP contribution in [0, 0.1) is 5.82 Å². The van der Waals surface area contributed by atoms with Crippen LogP contribution in [0.5, 0.6) is 0 Å². The van der Waals surface area contributed by atoms with Crippen LogP contribution in [0.4, 0.5) is 4.39 Å². The lowest BCUT2D eigenvalue weighted by molar-refractivity contribution is 0.520. The van der Waals surface area contributed by atoms with Gasteiger partial charge in [0.05, 0.1) is 4.90 Å². The Morgan fingerprint density at radius 2 is 1.94 bits per heavy atom. The average molecular weight is 260 g/mol. The van der Waals surface area contributed by atoms with Crippen LogP contribution in [-0.4, -0.2) is 21.0 Å². The summed E-state index contributed by atoms with van der Waals surface area (Å²) in [7, 11) is -3.58. The van der Waals surface area contributed by atoms with E-state index in [1.54, 1.807) is 0 Å². The minimum Gasteiger partial charge on any atom is -0.330 e. The highest BCUT2D eigenvalue weighted by Crippen LogP contribution is 2.11. The lowest BCUT2D eigenvalue weighted by Crippen LogP contribution is -2.35. The molecule has 96 valence electrons. The van der Waals surface area contributed by atoms with Gasteiger partial charge in [0, 0.05) is 6.04 Å². The maximum Gasteiger partial charge on any atom is 0.240 e. The summed E-state index contributed by atoms with van der Waals surface area (Å²) in [5, 5.41) is 0. The van der Waals surface area contributed by atoms with E-state index in [1.165, 1.54) is 12.1 Å². The molecule has 1 atom stereocenters. The van der Waals surface area contributed by atoms with Crippen LogP contribution >= 0.6 is 0 Å². The molecule has 0 radical (unpaired) electrons. The maximum atomic E-state index is 12.7. The van der Waals surface area contributed by atoms with Crippen LogP contribution in [0.1, 0.15) is 19.8 Å². The lowest BCUT2D eigenvalue weighted by Gasteiger charge is -2.16. The minimum absolute atomic E-state index is 0.0642. The Hall–Kier alpha value is -0.980. The molecule has 1 aromatic carbocycles. The summed E-state index contributed by atoms with van der Waals surface area (Å²) in [5.74, 6) is -0.460. The Kier molecular flexibility index (Phi) is 5.04. The van der Waals surface area contributed by atoms with Crippen molar-refractivity contribution in [3.05, 3.63) is 30.1 Å². The lowest BCUT2D eigenvalue weighted by atomic mass is 10.2. The maximum absolute atomic E-state index is 12.7. The van der Waals surface area contributed by atoms with Crippen molar-refractivity contribution in [2.24, 2.45) is 5.73 Å². The van der Waals surface area contributed by atoms with E-state index in [2.05, 4.69) is 4.72 Å². The van der Waals surface area contributed by atoms with Crippen molar-refractivity contribution in [2.75, 3.05) is 6.54 Å². The molecule has 0 aliphatic carbocycles. The van der Waals surface area contributed by atoms with Crippen LogP contribution in [-0.2, 0) is 10.0 Å². The van der Waals surface area contributed by atoms with E-state index < -0.39 is 15.8 Å². The zero-order valence-corrected chi connectivity index (χ0v) is 10.5. The third-order valence-electron chi connectivity index (χ3n) is 2.45. The Balaban J connectivity index is 2.84. The van der Waals surface area contributed by atoms with Crippen molar-refractivity contribution in [1.82, 2.24) is 4.72 Å². The third kappa shape index (κ3) is 4.07. The molecule has 1 unspecified atom stereocenters. The van der Waals surface area contributed by atoms with Crippen molar-refractivity contribution in [3.63, 3.8) is 0 Å². The SMILES string of the molecule is CCC(CCN)NS(=O)(=O)c1ccc(F)cc1. The van der Waals surface area contributed by atoms with E-state index in [1.807, 2.05) is 6.92 Å². The molecule has 0 heterocycles. The highest BCUT2D eigenvalue weighted by molar-refractivity contribution is 7.89. The summed E-state index contributed by atoms with van der Waals surface area (Å²) in [6, 6.07) is 4.55. The molecule has 1 aromatic rings. The zero-order chi connectivity index (χ0) is 12.9. The number of benzene rings is 1. The van der Waals surface area contributed by atoms with Gasteiger partial charge in [0.25, 0.3) is 0 Å². The molecule has 3 N–H and O–H groups in total. The van der Waals surface area contributed by atoms with Gasteiger partial charge in [-0.1, -0.05) is 6.92 Å². The van der Waals surface area contributed by atoms with E-state index in [9.17, 15) is 12.8 Å². The van der Waals surface area contributed by atoms with Gasteiger partial charge in [-0.15, -0.1) is 0 Å². The third-order valence-corrected chi connectivity index (χ3v) is 3.99. The Morgan fingerprint density at radius 3 is 2.41 bits per heavy atom. The second-order valence-corrected chi connectivity index (χ2v) is 5.47. The predicted octanol–water partition coefficient (Wildman–Crippen LogP) is 1.23. The van der Waals surface area contributed by atoms with E-state index in [4.69, 9.17) is 5.73 Å². The minimum atomic E-state index is -3.58. The Morgan fingerprint density at radius 1 is 1.35 bits per heavy atom. The highest BCUT2D eigenvalue weighted by Gasteiger charge is 2.18. The molecule has 4 nitrogen and oxygen atoms in total. The van der Waals surface area contributed by atoms with Gasteiger partial charge in [0.15, 0.2) is 0 Å². The van der Waals surface area contributed by atoms with Gasteiger partial charge >= 0.3 is 0 Å². The second-order valence-electron chi connectivity index (χ2n) is 3.76. The fourth-order valence-electron chi connectivity index (χ4n) is 1.45.